The number of benzene rings is 2. The SMILES string of the molecule is CCNC(=O)c1nnc(-c2cc(C(C)C)c(O)cc2O)n1-c1ccc(N2CCS(=O)(=O)CC2)cc1. The van der Waals surface area contributed by atoms with Crippen molar-refractivity contribution < 1.29 is 23.4 Å². The number of hydrogen-bond donors (Lipinski definition) is 3. The molecule has 3 aromatic rings. The summed E-state index contributed by atoms with van der Waals surface area (Å²) in [7, 11) is -2.99. The highest BCUT2D eigenvalue weighted by molar-refractivity contribution is 7.91. The summed E-state index contributed by atoms with van der Waals surface area (Å²) in [5.74, 6) is -0.105. The summed E-state index contributed by atoms with van der Waals surface area (Å²) < 4.78 is 25.1. The topological polar surface area (TPSA) is 138 Å². The van der Waals surface area contributed by atoms with Crippen LogP contribution in [0.5, 0.6) is 11.5 Å². The van der Waals surface area contributed by atoms with Crippen LogP contribution in [0.2, 0.25) is 0 Å². The van der Waals surface area contributed by atoms with Crippen molar-refractivity contribution in [2.75, 3.05) is 36.0 Å². The van der Waals surface area contributed by atoms with Crippen LogP contribution in [-0.2, 0) is 9.84 Å². The van der Waals surface area contributed by atoms with Crippen molar-refractivity contribution in [3.05, 3.63) is 47.8 Å². The molecule has 2 heterocycles. The van der Waals surface area contributed by atoms with Gasteiger partial charge in [-0.25, -0.2) is 8.42 Å². The minimum Gasteiger partial charge on any atom is -0.508 e. The fourth-order valence-electron chi connectivity index (χ4n) is 4.11. The van der Waals surface area contributed by atoms with Crippen molar-refractivity contribution in [1.29, 1.82) is 0 Å². The fourth-order valence-corrected chi connectivity index (χ4v) is 5.31. The second-order valence-electron chi connectivity index (χ2n) is 8.78. The molecule has 0 unspecified atom stereocenters. The maximum absolute atomic E-state index is 12.8. The summed E-state index contributed by atoms with van der Waals surface area (Å²) in [6, 6.07) is 10.2. The van der Waals surface area contributed by atoms with Gasteiger partial charge in [-0.1, -0.05) is 13.8 Å². The molecule has 0 aliphatic carbocycles. The number of aromatic nitrogens is 3. The highest BCUT2D eigenvalue weighted by Gasteiger charge is 2.25. The van der Waals surface area contributed by atoms with Crippen LogP contribution in [0.1, 0.15) is 42.9 Å². The van der Waals surface area contributed by atoms with E-state index in [0.717, 1.165) is 5.69 Å². The van der Waals surface area contributed by atoms with E-state index in [0.29, 0.717) is 36.4 Å². The van der Waals surface area contributed by atoms with Crippen molar-refractivity contribution in [1.82, 2.24) is 20.1 Å². The number of rotatable bonds is 6. The third kappa shape index (κ3) is 4.95. The first-order valence-corrected chi connectivity index (χ1v) is 13.3. The molecule has 0 atom stereocenters. The lowest BCUT2D eigenvalue weighted by Crippen LogP contribution is -2.40. The molecular weight excluding hydrogens is 470 g/mol. The Morgan fingerprint density at radius 2 is 1.66 bits per heavy atom. The zero-order valence-electron chi connectivity index (χ0n) is 19.9. The minimum absolute atomic E-state index is 0.0128. The highest BCUT2D eigenvalue weighted by atomic mass is 32.2. The minimum atomic E-state index is -2.99. The van der Waals surface area contributed by atoms with Crippen molar-refractivity contribution >= 4 is 21.4 Å². The summed E-state index contributed by atoms with van der Waals surface area (Å²) in [6.07, 6.45) is 0. The Hall–Kier alpha value is -3.60. The van der Waals surface area contributed by atoms with Crippen molar-refractivity contribution in [2.45, 2.75) is 26.7 Å². The van der Waals surface area contributed by atoms with Crippen molar-refractivity contribution in [3.63, 3.8) is 0 Å². The molecule has 4 rings (SSSR count). The van der Waals surface area contributed by atoms with Gasteiger partial charge < -0.3 is 20.4 Å². The number of carbonyl (C=O) groups excluding carboxylic acids is 1. The standard InChI is InChI=1S/C24H29N5O5S/c1-4-25-24(32)23-27-26-22(19-13-18(15(2)3)20(30)14-21(19)31)29(23)17-7-5-16(6-8-17)28-9-11-35(33,34)12-10-28/h5-8,13-15,30-31H,4,9-12H2,1-3H3,(H,25,32). The van der Waals surface area contributed by atoms with E-state index in [1.165, 1.54) is 6.07 Å². The van der Waals surface area contributed by atoms with Gasteiger partial charge in [-0.2, -0.15) is 0 Å². The number of phenolic OH excluding ortho intramolecular Hbond substituents is 2. The van der Waals surface area contributed by atoms with Gasteiger partial charge in [0, 0.05) is 37.1 Å². The van der Waals surface area contributed by atoms with E-state index in [1.807, 2.05) is 30.9 Å². The molecule has 10 nitrogen and oxygen atoms in total. The van der Waals surface area contributed by atoms with Crippen LogP contribution in [0.15, 0.2) is 36.4 Å². The smallest absolute Gasteiger partial charge is 0.289 e. The predicted molar refractivity (Wildman–Crippen MR) is 133 cm³/mol. The van der Waals surface area contributed by atoms with E-state index in [9.17, 15) is 23.4 Å². The number of aromatic hydroxyl groups is 2. The monoisotopic (exact) mass is 499 g/mol. The van der Waals surface area contributed by atoms with Gasteiger partial charge in [0.2, 0.25) is 5.82 Å². The first-order chi connectivity index (χ1) is 16.6. The molecule has 0 spiro atoms. The fraction of sp³-hybridized carbons (Fsp3) is 0.375. The predicted octanol–water partition coefficient (Wildman–Crippen LogP) is 2.45. The number of phenols is 2. The summed E-state index contributed by atoms with van der Waals surface area (Å²) in [4.78, 5) is 14.8. The number of sulfone groups is 1. The van der Waals surface area contributed by atoms with Gasteiger partial charge >= 0.3 is 0 Å². The Bertz CT molecular complexity index is 1340. The zero-order chi connectivity index (χ0) is 25.3. The zero-order valence-corrected chi connectivity index (χ0v) is 20.7. The molecule has 1 amide bonds. The lowest BCUT2D eigenvalue weighted by Gasteiger charge is -2.28. The lowest BCUT2D eigenvalue weighted by atomic mass is 9.98. The quantitative estimate of drug-likeness (QED) is 0.470. The largest absolute Gasteiger partial charge is 0.508 e. The number of hydrogen-bond acceptors (Lipinski definition) is 8. The second-order valence-corrected chi connectivity index (χ2v) is 11.1. The van der Waals surface area contributed by atoms with Crippen LogP contribution in [0.3, 0.4) is 0 Å². The van der Waals surface area contributed by atoms with Crippen LogP contribution in [0.25, 0.3) is 17.1 Å². The molecule has 186 valence electrons. The highest BCUT2D eigenvalue weighted by Crippen LogP contribution is 2.38. The third-order valence-electron chi connectivity index (χ3n) is 6.03. The maximum Gasteiger partial charge on any atom is 0.289 e. The van der Waals surface area contributed by atoms with Crippen LogP contribution >= 0.6 is 0 Å². The average Bonchev–Trinajstić information content (AvgIpc) is 3.24. The Balaban J connectivity index is 1.79. The molecule has 0 bridgehead atoms. The molecular formula is C24H29N5O5S. The molecule has 1 saturated heterocycles. The van der Waals surface area contributed by atoms with E-state index in [4.69, 9.17) is 0 Å². The van der Waals surface area contributed by atoms with E-state index >= 15 is 0 Å². The Morgan fingerprint density at radius 3 is 2.26 bits per heavy atom. The van der Waals surface area contributed by atoms with Crippen LogP contribution in [-0.4, -0.2) is 70.4 Å². The van der Waals surface area contributed by atoms with E-state index < -0.39 is 15.7 Å². The first-order valence-electron chi connectivity index (χ1n) is 11.5. The van der Waals surface area contributed by atoms with Gasteiger partial charge in [0.25, 0.3) is 5.91 Å². The number of anilines is 1. The van der Waals surface area contributed by atoms with E-state index in [2.05, 4.69) is 15.5 Å². The number of nitrogens with one attached hydrogen (secondary N) is 1. The molecule has 3 N–H and O–H groups in total. The van der Waals surface area contributed by atoms with Crippen LogP contribution < -0.4 is 10.2 Å². The van der Waals surface area contributed by atoms with E-state index in [-0.39, 0.29) is 40.6 Å². The second kappa shape index (κ2) is 9.57. The first kappa shape index (κ1) is 24.5. The maximum atomic E-state index is 12.8. The molecule has 11 heteroatoms. The molecule has 2 aromatic carbocycles. The molecule has 0 radical (unpaired) electrons. The lowest BCUT2D eigenvalue weighted by molar-refractivity contribution is 0.0943. The van der Waals surface area contributed by atoms with Crippen LogP contribution in [0.4, 0.5) is 5.69 Å². The Labute approximate surface area is 204 Å². The number of carbonyl (C=O) groups is 1. The van der Waals surface area contributed by atoms with Gasteiger partial charge in [0.1, 0.15) is 11.5 Å². The third-order valence-corrected chi connectivity index (χ3v) is 7.64. The Morgan fingerprint density at radius 1 is 1.03 bits per heavy atom. The molecule has 1 aromatic heterocycles. The summed E-state index contributed by atoms with van der Waals surface area (Å²) >= 11 is 0. The van der Waals surface area contributed by atoms with Crippen molar-refractivity contribution in [2.24, 2.45) is 0 Å². The van der Waals surface area contributed by atoms with Gasteiger partial charge in [0.15, 0.2) is 15.7 Å². The van der Waals surface area contributed by atoms with Gasteiger partial charge in [-0.3, -0.25) is 9.36 Å². The summed E-state index contributed by atoms with van der Waals surface area (Å²) in [5, 5.41) is 31.9. The normalized spacial score (nSPS) is 15.4. The molecule has 1 aliphatic rings. The van der Waals surface area contributed by atoms with Gasteiger partial charge in [0.05, 0.1) is 17.1 Å². The van der Waals surface area contributed by atoms with Gasteiger partial charge in [-0.15, -0.1) is 10.2 Å². The van der Waals surface area contributed by atoms with Crippen molar-refractivity contribution in [3.8, 4) is 28.6 Å². The molecule has 0 saturated carbocycles. The number of nitrogens with zero attached hydrogens (tertiary/aromatic N) is 4. The number of amides is 1. The Kier molecular flexibility index (Phi) is 6.70. The summed E-state index contributed by atoms with van der Waals surface area (Å²) in [6.45, 7) is 6.89. The van der Waals surface area contributed by atoms with Crippen LogP contribution in [0, 0.1) is 0 Å². The average molecular weight is 500 g/mol. The van der Waals surface area contributed by atoms with Gasteiger partial charge in [-0.05, 0) is 48.7 Å². The molecule has 35 heavy (non-hydrogen) atoms. The molecule has 1 aliphatic heterocycles. The summed E-state index contributed by atoms with van der Waals surface area (Å²) in [5.41, 5.74) is 2.42. The van der Waals surface area contributed by atoms with E-state index in [1.54, 1.807) is 29.7 Å². The molecule has 1 fully saturated rings.